The second-order valence-electron chi connectivity index (χ2n) is 2.26. The molecular formula is C7H6F2O3S. The van der Waals surface area contributed by atoms with Crippen molar-refractivity contribution in [3.8, 4) is 5.75 Å². The maximum absolute atomic E-state index is 11.8. The minimum atomic E-state index is -2.99. The molecule has 3 nitrogen and oxygen atoms in total. The number of thiophene rings is 1. The molecule has 1 aromatic rings. The van der Waals surface area contributed by atoms with Crippen LogP contribution in [0.3, 0.4) is 0 Å². The fourth-order valence-corrected chi connectivity index (χ4v) is 1.64. The van der Waals surface area contributed by atoms with Crippen molar-refractivity contribution in [1.29, 1.82) is 0 Å². The highest BCUT2D eigenvalue weighted by atomic mass is 32.1. The molecule has 0 aliphatic rings. The highest BCUT2D eigenvalue weighted by molar-refractivity contribution is 7.12. The molecule has 0 amide bonds. The number of halogens is 2. The van der Waals surface area contributed by atoms with E-state index in [0.717, 1.165) is 11.3 Å². The molecule has 0 atom stereocenters. The first-order valence-corrected chi connectivity index (χ1v) is 4.16. The topological polar surface area (TPSA) is 46.5 Å². The summed E-state index contributed by atoms with van der Waals surface area (Å²) < 4.78 is 27.7. The van der Waals surface area contributed by atoms with Crippen LogP contribution in [0.5, 0.6) is 5.75 Å². The van der Waals surface area contributed by atoms with Crippen LogP contribution >= 0.6 is 11.3 Å². The maximum atomic E-state index is 11.8. The number of carbonyl (C=O) groups is 1. The number of hydrogen-bond acceptors (Lipinski definition) is 3. The van der Waals surface area contributed by atoms with Gasteiger partial charge in [0.1, 0.15) is 0 Å². The average Bonchev–Trinajstić information content (AvgIpc) is 2.32. The molecule has 1 rings (SSSR count). The zero-order valence-electron chi connectivity index (χ0n) is 6.58. The Morgan fingerprint density at radius 3 is 2.77 bits per heavy atom. The van der Waals surface area contributed by atoms with Crippen LogP contribution in [0, 0.1) is 6.92 Å². The van der Waals surface area contributed by atoms with E-state index in [4.69, 9.17) is 5.11 Å². The highest BCUT2D eigenvalue weighted by Crippen LogP contribution is 2.31. The predicted molar refractivity (Wildman–Crippen MR) is 42.6 cm³/mol. The normalized spacial score (nSPS) is 10.5. The van der Waals surface area contributed by atoms with E-state index in [0.29, 0.717) is 5.56 Å². The van der Waals surface area contributed by atoms with E-state index in [1.54, 1.807) is 0 Å². The van der Waals surface area contributed by atoms with Crippen molar-refractivity contribution in [1.82, 2.24) is 0 Å². The second kappa shape index (κ2) is 3.69. The van der Waals surface area contributed by atoms with Crippen LogP contribution in [0.15, 0.2) is 5.38 Å². The molecule has 0 saturated heterocycles. The highest BCUT2D eigenvalue weighted by Gasteiger charge is 2.19. The van der Waals surface area contributed by atoms with Crippen LogP contribution in [-0.2, 0) is 0 Å². The Morgan fingerprint density at radius 1 is 1.69 bits per heavy atom. The molecule has 72 valence electrons. The van der Waals surface area contributed by atoms with E-state index in [9.17, 15) is 13.6 Å². The molecule has 0 saturated carbocycles. The van der Waals surface area contributed by atoms with Gasteiger partial charge in [0.2, 0.25) is 0 Å². The van der Waals surface area contributed by atoms with Gasteiger partial charge < -0.3 is 9.84 Å². The van der Waals surface area contributed by atoms with E-state index in [2.05, 4.69) is 4.74 Å². The average molecular weight is 208 g/mol. The Morgan fingerprint density at radius 2 is 2.31 bits per heavy atom. The van der Waals surface area contributed by atoms with Gasteiger partial charge in [-0.3, -0.25) is 0 Å². The Balaban J connectivity index is 3.01. The Labute approximate surface area is 76.6 Å². The summed E-state index contributed by atoms with van der Waals surface area (Å²) in [4.78, 5) is 10.3. The number of alkyl halides is 2. The molecule has 0 spiro atoms. The van der Waals surface area contributed by atoms with E-state index >= 15 is 0 Å². The van der Waals surface area contributed by atoms with Crippen LogP contribution in [0.1, 0.15) is 15.2 Å². The molecule has 1 N–H and O–H groups in total. The lowest BCUT2D eigenvalue weighted by Crippen LogP contribution is -2.06. The minimum absolute atomic E-state index is 0.196. The van der Waals surface area contributed by atoms with Gasteiger partial charge in [-0.2, -0.15) is 8.78 Å². The van der Waals surface area contributed by atoms with Crippen LogP contribution in [-0.4, -0.2) is 17.7 Å². The molecule has 6 heteroatoms. The summed E-state index contributed by atoms with van der Waals surface area (Å²) in [6, 6.07) is 0. The summed E-state index contributed by atoms with van der Waals surface area (Å²) in [7, 11) is 0. The van der Waals surface area contributed by atoms with Crippen molar-refractivity contribution < 1.29 is 23.4 Å². The van der Waals surface area contributed by atoms with Crippen LogP contribution in [0.4, 0.5) is 8.78 Å². The first kappa shape index (κ1) is 9.91. The Hall–Kier alpha value is -1.17. The number of rotatable bonds is 3. The molecule has 0 aliphatic heterocycles. The third-order valence-corrected chi connectivity index (χ3v) is 2.39. The number of aromatic carboxylic acids is 1. The SMILES string of the molecule is Cc1csc(C(=O)O)c1OC(F)F. The third-order valence-electron chi connectivity index (χ3n) is 1.32. The Kier molecular flexibility index (Phi) is 2.82. The van der Waals surface area contributed by atoms with Crippen molar-refractivity contribution in [2.24, 2.45) is 0 Å². The predicted octanol–water partition coefficient (Wildman–Crippen LogP) is 2.36. The van der Waals surface area contributed by atoms with E-state index in [1.807, 2.05) is 0 Å². The lowest BCUT2D eigenvalue weighted by Gasteiger charge is -2.04. The van der Waals surface area contributed by atoms with Gasteiger partial charge in [0.05, 0.1) is 0 Å². The third kappa shape index (κ3) is 2.15. The van der Waals surface area contributed by atoms with Crippen LogP contribution in [0.2, 0.25) is 0 Å². The monoisotopic (exact) mass is 208 g/mol. The summed E-state index contributed by atoms with van der Waals surface area (Å²) in [5, 5.41) is 10.0. The van der Waals surface area contributed by atoms with Crippen molar-refractivity contribution in [2.75, 3.05) is 0 Å². The molecule has 0 bridgehead atoms. The quantitative estimate of drug-likeness (QED) is 0.829. The van der Waals surface area contributed by atoms with Crippen LogP contribution in [0.25, 0.3) is 0 Å². The first-order valence-electron chi connectivity index (χ1n) is 3.28. The fraction of sp³-hybridized carbons (Fsp3) is 0.286. The molecule has 1 aromatic heterocycles. The van der Waals surface area contributed by atoms with Gasteiger partial charge in [-0.1, -0.05) is 0 Å². The smallest absolute Gasteiger partial charge is 0.387 e. The van der Waals surface area contributed by atoms with E-state index < -0.39 is 12.6 Å². The lowest BCUT2D eigenvalue weighted by atomic mass is 10.3. The molecule has 0 radical (unpaired) electrons. The zero-order chi connectivity index (χ0) is 10.0. The largest absolute Gasteiger partial charge is 0.477 e. The molecule has 0 aromatic carbocycles. The number of carboxylic acids is 1. The number of ether oxygens (including phenoxy) is 1. The second-order valence-corrected chi connectivity index (χ2v) is 3.14. The molecule has 0 aliphatic carbocycles. The van der Waals surface area contributed by atoms with Gasteiger partial charge in [-0.05, 0) is 12.3 Å². The van der Waals surface area contributed by atoms with E-state index in [1.165, 1.54) is 12.3 Å². The summed E-state index contributed by atoms with van der Waals surface area (Å²) >= 11 is 0.868. The summed E-state index contributed by atoms with van der Waals surface area (Å²) in [5.41, 5.74) is 0.405. The summed E-state index contributed by atoms with van der Waals surface area (Å²) in [6.07, 6.45) is 0. The van der Waals surface area contributed by atoms with Gasteiger partial charge in [0, 0.05) is 5.56 Å². The fourth-order valence-electron chi connectivity index (χ4n) is 0.817. The minimum Gasteiger partial charge on any atom is -0.477 e. The van der Waals surface area contributed by atoms with Crippen molar-refractivity contribution in [2.45, 2.75) is 13.5 Å². The standard InChI is InChI=1S/C7H6F2O3S/c1-3-2-13-5(6(10)11)4(3)12-7(8)9/h2,7H,1H3,(H,10,11). The van der Waals surface area contributed by atoms with Gasteiger partial charge in [-0.25, -0.2) is 4.79 Å². The Bertz CT molecular complexity index is 322. The maximum Gasteiger partial charge on any atom is 0.387 e. The summed E-state index contributed by atoms with van der Waals surface area (Å²) in [6.45, 7) is -1.48. The first-order chi connectivity index (χ1) is 6.02. The molecule has 13 heavy (non-hydrogen) atoms. The summed E-state index contributed by atoms with van der Waals surface area (Å²) in [5.74, 6) is -1.50. The number of aryl methyl sites for hydroxylation is 1. The van der Waals surface area contributed by atoms with Crippen molar-refractivity contribution in [3.63, 3.8) is 0 Å². The van der Waals surface area contributed by atoms with Gasteiger partial charge in [0.25, 0.3) is 0 Å². The van der Waals surface area contributed by atoms with E-state index in [-0.39, 0.29) is 10.6 Å². The number of carboxylic acid groups (broad SMARTS) is 1. The van der Waals surface area contributed by atoms with Gasteiger partial charge >= 0.3 is 12.6 Å². The molecular weight excluding hydrogens is 202 g/mol. The van der Waals surface area contributed by atoms with Gasteiger partial charge in [-0.15, -0.1) is 11.3 Å². The van der Waals surface area contributed by atoms with Crippen molar-refractivity contribution in [3.05, 3.63) is 15.8 Å². The van der Waals surface area contributed by atoms with Gasteiger partial charge in [0.15, 0.2) is 10.6 Å². The number of hydrogen-bond donors (Lipinski definition) is 1. The molecule has 1 heterocycles. The zero-order valence-corrected chi connectivity index (χ0v) is 7.40. The molecule has 0 fully saturated rings. The molecule has 0 unspecified atom stereocenters. The van der Waals surface area contributed by atoms with Crippen molar-refractivity contribution >= 4 is 17.3 Å². The van der Waals surface area contributed by atoms with Crippen LogP contribution < -0.4 is 4.74 Å². The lowest BCUT2D eigenvalue weighted by molar-refractivity contribution is -0.0504.